The van der Waals surface area contributed by atoms with Crippen molar-refractivity contribution < 1.29 is 9.47 Å². The van der Waals surface area contributed by atoms with Crippen molar-refractivity contribution in [3.8, 4) is 5.75 Å². The molecule has 0 aliphatic carbocycles. The molecule has 19 heavy (non-hydrogen) atoms. The van der Waals surface area contributed by atoms with Gasteiger partial charge in [-0.2, -0.15) is 0 Å². The van der Waals surface area contributed by atoms with Crippen LogP contribution >= 0.6 is 0 Å². The zero-order valence-corrected chi connectivity index (χ0v) is 12.8. The van der Waals surface area contributed by atoms with E-state index in [4.69, 9.17) is 9.47 Å². The van der Waals surface area contributed by atoms with Gasteiger partial charge in [0.15, 0.2) is 0 Å². The van der Waals surface area contributed by atoms with Crippen molar-refractivity contribution >= 4 is 0 Å². The van der Waals surface area contributed by atoms with E-state index in [1.54, 1.807) is 13.3 Å². The summed E-state index contributed by atoms with van der Waals surface area (Å²) in [5.74, 6) is 1.21. The fourth-order valence-corrected chi connectivity index (χ4v) is 2.26. The Balaban J connectivity index is 2.97. The van der Waals surface area contributed by atoms with E-state index in [2.05, 4.69) is 24.1 Å². The number of hydrogen-bond acceptors (Lipinski definition) is 4. The molecule has 1 rings (SSSR count). The minimum absolute atomic E-state index is 0.0982. The molecule has 0 spiro atoms. The van der Waals surface area contributed by atoms with Crippen molar-refractivity contribution in [2.75, 3.05) is 14.2 Å². The van der Waals surface area contributed by atoms with Crippen molar-refractivity contribution in [1.82, 2.24) is 10.3 Å². The molecular weight excluding hydrogens is 240 g/mol. The number of hydrogen-bond donors (Lipinski definition) is 1. The van der Waals surface area contributed by atoms with E-state index in [1.807, 2.05) is 33.2 Å². The van der Waals surface area contributed by atoms with Gasteiger partial charge in [0.1, 0.15) is 5.75 Å². The average Bonchev–Trinajstić information content (AvgIpc) is 2.34. The van der Waals surface area contributed by atoms with Gasteiger partial charge in [0.2, 0.25) is 0 Å². The number of likely N-dealkylation sites (N-methyl/N-ethyl adjacent to an activating group) is 1. The summed E-state index contributed by atoms with van der Waals surface area (Å²) in [6, 6.07) is 2.14. The second kappa shape index (κ2) is 7.46. The molecule has 1 aromatic rings. The third-order valence-electron chi connectivity index (χ3n) is 3.03. The van der Waals surface area contributed by atoms with Crippen LogP contribution in [-0.4, -0.2) is 31.3 Å². The molecule has 4 nitrogen and oxygen atoms in total. The molecule has 4 heteroatoms. The molecule has 0 radical (unpaired) electrons. The molecule has 0 saturated heterocycles. The maximum absolute atomic E-state index is 5.69. The first-order valence-corrected chi connectivity index (χ1v) is 6.81. The molecule has 0 bridgehead atoms. The van der Waals surface area contributed by atoms with Gasteiger partial charge in [0, 0.05) is 13.3 Å². The van der Waals surface area contributed by atoms with Crippen LogP contribution in [-0.2, 0) is 4.74 Å². The maximum atomic E-state index is 5.69. The Kier molecular flexibility index (Phi) is 6.25. The molecule has 0 fully saturated rings. The first kappa shape index (κ1) is 15.9. The zero-order chi connectivity index (χ0) is 14.4. The largest absolute Gasteiger partial charge is 0.489 e. The highest BCUT2D eigenvalue weighted by molar-refractivity contribution is 5.27. The van der Waals surface area contributed by atoms with Crippen molar-refractivity contribution in [1.29, 1.82) is 0 Å². The summed E-state index contributed by atoms with van der Waals surface area (Å²) in [6.45, 7) is 8.32. The minimum Gasteiger partial charge on any atom is -0.489 e. The molecule has 2 unspecified atom stereocenters. The van der Waals surface area contributed by atoms with Crippen LogP contribution in [0.4, 0.5) is 0 Å². The predicted molar refractivity (Wildman–Crippen MR) is 77.4 cm³/mol. The highest BCUT2D eigenvalue weighted by Crippen LogP contribution is 2.26. The van der Waals surface area contributed by atoms with Crippen LogP contribution in [0.25, 0.3) is 0 Å². The first-order chi connectivity index (χ1) is 8.99. The number of methoxy groups -OCH3 is 1. The lowest BCUT2D eigenvalue weighted by atomic mass is 9.94. The SMILES string of the molecule is CNC(c1cncc(OC(C)C)c1)C(OC)C(C)C. The van der Waals surface area contributed by atoms with Crippen LogP contribution in [0.3, 0.4) is 0 Å². The van der Waals surface area contributed by atoms with E-state index < -0.39 is 0 Å². The number of nitrogens with one attached hydrogen (secondary N) is 1. The van der Waals surface area contributed by atoms with E-state index >= 15 is 0 Å². The molecule has 1 aromatic heterocycles. The summed E-state index contributed by atoms with van der Waals surface area (Å²) in [6.07, 6.45) is 3.85. The second-order valence-corrected chi connectivity index (χ2v) is 5.33. The van der Waals surface area contributed by atoms with Gasteiger partial charge in [0.05, 0.1) is 24.4 Å². The molecule has 1 heterocycles. The van der Waals surface area contributed by atoms with Crippen LogP contribution in [0.15, 0.2) is 18.5 Å². The maximum Gasteiger partial charge on any atom is 0.138 e. The number of ether oxygens (including phenoxy) is 2. The van der Waals surface area contributed by atoms with Gasteiger partial charge in [0.25, 0.3) is 0 Å². The summed E-state index contributed by atoms with van der Waals surface area (Å²) in [7, 11) is 3.69. The van der Waals surface area contributed by atoms with Crippen molar-refractivity contribution in [3.63, 3.8) is 0 Å². The number of nitrogens with zero attached hydrogens (tertiary/aromatic N) is 1. The minimum atomic E-state index is 0.0982. The van der Waals surface area contributed by atoms with Gasteiger partial charge < -0.3 is 14.8 Å². The zero-order valence-electron chi connectivity index (χ0n) is 12.8. The molecular formula is C15H26N2O2. The van der Waals surface area contributed by atoms with Crippen molar-refractivity contribution in [3.05, 3.63) is 24.0 Å². The normalized spacial score (nSPS) is 14.7. The average molecular weight is 266 g/mol. The van der Waals surface area contributed by atoms with Crippen LogP contribution in [0, 0.1) is 5.92 Å². The number of rotatable bonds is 7. The smallest absolute Gasteiger partial charge is 0.138 e. The molecule has 0 saturated carbocycles. The molecule has 0 amide bonds. The Morgan fingerprint density at radius 2 is 1.84 bits per heavy atom. The third kappa shape index (κ3) is 4.48. The fraction of sp³-hybridized carbons (Fsp3) is 0.667. The first-order valence-electron chi connectivity index (χ1n) is 6.81. The fourth-order valence-electron chi connectivity index (χ4n) is 2.26. The summed E-state index contributed by atoms with van der Waals surface area (Å²) >= 11 is 0. The number of pyridine rings is 1. The summed E-state index contributed by atoms with van der Waals surface area (Å²) in [5.41, 5.74) is 1.08. The molecule has 0 aliphatic rings. The monoisotopic (exact) mass is 266 g/mol. The van der Waals surface area contributed by atoms with E-state index in [1.165, 1.54) is 0 Å². The second-order valence-electron chi connectivity index (χ2n) is 5.33. The van der Waals surface area contributed by atoms with Gasteiger partial charge in [-0.1, -0.05) is 13.8 Å². The van der Waals surface area contributed by atoms with Crippen molar-refractivity contribution in [2.24, 2.45) is 5.92 Å². The number of aromatic nitrogens is 1. The van der Waals surface area contributed by atoms with Gasteiger partial charge in [-0.15, -0.1) is 0 Å². The van der Waals surface area contributed by atoms with Gasteiger partial charge in [-0.25, -0.2) is 0 Å². The van der Waals surface area contributed by atoms with Gasteiger partial charge in [-0.3, -0.25) is 4.98 Å². The Morgan fingerprint density at radius 1 is 1.16 bits per heavy atom. The van der Waals surface area contributed by atoms with E-state index in [0.717, 1.165) is 11.3 Å². The quantitative estimate of drug-likeness (QED) is 0.824. The summed E-state index contributed by atoms with van der Waals surface area (Å²) in [5, 5.41) is 3.31. The summed E-state index contributed by atoms with van der Waals surface area (Å²) < 4.78 is 11.3. The van der Waals surface area contributed by atoms with Crippen LogP contribution in [0.1, 0.15) is 39.3 Å². The highest BCUT2D eigenvalue weighted by Gasteiger charge is 2.25. The molecule has 0 aromatic carbocycles. The van der Waals surface area contributed by atoms with E-state index in [-0.39, 0.29) is 18.2 Å². The van der Waals surface area contributed by atoms with Crippen LogP contribution < -0.4 is 10.1 Å². The van der Waals surface area contributed by atoms with E-state index in [9.17, 15) is 0 Å². The van der Waals surface area contributed by atoms with Crippen LogP contribution in [0.5, 0.6) is 5.75 Å². The third-order valence-corrected chi connectivity index (χ3v) is 3.03. The lowest BCUT2D eigenvalue weighted by molar-refractivity contribution is 0.0346. The Morgan fingerprint density at radius 3 is 2.32 bits per heavy atom. The molecule has 2 atom stereocenters. The van der Waals surface area contributed by atoms with Gasteiger partial charge in [-0.05, 0) is 38.4 Å². The predicted octanol–water partition coefficient (Wildman–Crippen LogP) is 2.80. The topological polar surface area (TPSA) is 43.4 Å². The lowest BCUT2D eigenvalue weighted by Gasteiger charge is -2.29. The molecule has 0 aliphatic heterocycles. The van der Waals surface area contributed by atoms with Crippen LogP contribution in [0.2, 0.25) is 0 Å². The molecule has 108 valence electrons. The Labute approximate surface area is 116 Å². The van der Waals surface area contributed by atoms with E-state index in [0.29, 0.717) is 5.92 Å². The van der Waals surface area contributed by atoms with Crippen molar-refractivity contribution in [2.45, 2.75) is 45.9 Å². The summed E-state index contributed by atoms with van der Waals surface area (Å²) in [4.78, 5) is 4.26. The Bertz CT molecular complexity index is 380. The standard InChI is InChI=1S/C15H26N2O2/c1-10(2)15(18-6)14(16-5)12-7-13(9-17-8-12)19-11(3)4/h7-11,14-16H,1-6H3. The molecule has 1 N–H and O–H groups in total. The Hall–Kier alpha value is -1.13. The van der Waals surface area contributed by atoms with Gasteiger partial charge >= 0.3 is 0 Å². The highest BCUT2D eigenvalue weighted by atomic mass is 16.5. The lowest BCUT2D eigenvalue weighted by Crippen LogP contribution is -2.34.